The van der Waals surface area contributed by atoms with Crippen LogP contribution in [0.2, 0.25) is 0 Å². The summed E-state index contributed by atoms with van der Waals surface area (Å²) in [6.07, 6.45) is 3.50. The SMILES string of the molecule is O=S([O-])Oc1ccccc1.c1ccncc1. The first-order valence-corrected chi connectivity index (χ1v) is 5.46. The van der Waals surface area contributed by atoms with E-state index in [4.69, 9.17) is 0 Å². The average molecular weight is 236 g/mol. The molecule has 0 aliphatic carbocycles. The number of rotatable bonds is 2. The molecule has 1 unspecified atom stereocenters. The summed E-state index contributed by atoms with van der Waals surface area (Å²) in [6, 6.07) is 14.0. The highest BCUT2D eigenvalue weighted by molar-refractivity contribution is 7.74. The Morgan fingerprint density at radius 2 is 1.56 bits per heavy atom. The van der Waals surface area contributed by atoms with E-state index in [1.807, 2.05) is 18.2 Å². The van der Waals surface area contributed by atoms with E-state index in [0.717, 1.165) is 0 Å². The van der Waals surface area contributed by atoms with Gasteiger partial charge in [-0.15, -0.1) is 0 Å². The summed E-state index contributed by atoms with van der Waals surface area (Å²) >= 11 is -2.47. The molecule has 0 saturated heterocycles. The second-order valence-corrected chi connectivity index (χ2v) is 3.20. The lowest BCUT2D eigenvalue weighted by Gasteiger charge is -2.05. The number of pyridine rings is 1. The van der Waals surface area contributed by atoms with Gasteiger partial charge in [0, 0.05) is 12.4 Å². The van der Waals surface area contributed by atoms with Crippen LogP contribution in [-0.2, 0) is 11.4 Å². The highest BCUT2D eigenvalue weighted by atomic mass is 32.2. The Bertz CT molecular complexity index is 381. The molecular formula is C11H10NO3S-. The number of benzene rings is 1. The third-order valence-corrected chi connectivity index (χ3v) is 1.80. The van der Waals surface area contributed by atoms with Gasteiger partial charge < -0.3 is 8.74 Å². The van der Waals surface area contributed by atoms with E-state index >= 15 is 0 Å². The molecule has 0 radical (unpaired) electrons. The number of nitrogens with zero attached hydrogens (tertiary/aromatic N) is 1. The van der Waals surface area contributed by atoms with Crippen LogP contribution in [-0.4, -0.2) is 13.7 Å². The fourth-order valence-corrected chi connectivity index (χ4v) is 1.14. The van der Waals surface area contributed by atoms with E-state index < -0.39 is 11.4 Å². The smallest absolute Gasteiger partial charge is 0.139 e. The van der Waals surface area contributed by atoms with E-state index in [1.54, 1.807) is 42.7 Å². The van der Waals surface area contributed by atoms with Crippen molar-refractivity contribution in [1.82, 2.24) is 4.98 Å². The molecule has 2 aromatic rings. The Balaban J connectivity index is 0.000000181. The summed E-state index contributed by atoms with van der Waals surface area (Å²) in [5, 5.41) is 0. The van der Waals surface area contributed by atoms with Crippen molar-refractivity contribution in [3.63, 3.8) is 0 Å². The Morgan fingerprint density at radius 3 is 1.94 bits per heavy atom. The molecule has 4 nitrogen and oxygen atoms in total. The molecule has 84 valence electrons. The van der Waals surface area contributed by atoms with Crippen molar-refractivity contribution in [3.8, 4) is 5.75 Å². The molecule has 0 aliphatic heterocycles. The van der Waals surface area contributed by atoms with Gasteiger partial charge in [-0.25, -0.2) is 4.21 Å². The topological polar surface area (TPSA) is 62.2 Å². The van der Waals surface area contributed by atoms with E-state index in [-0.39, 0.29) is 0 Å². The van der Waals surface area contributed by atoms with Crippen LogP contribution in [0.5, 0.6) is 5.75 Å². The van der Waals surface area contributed by atoms with Gasteiger partial charge in [0.25, 0.3) is 0 Å². The zero-order chi connectivity index (χ0) is 11.6. The molecule has 0 spiro atoms. The number of hydrogen-bond acceptors (Lipinski definition) is 4. The van der Waals surface area contributed by atoms with E-state index in [9.17, 15) is 8.76 Å². The monoisotopic (exact) mass is 236 g/mol. The Morgan fingerprint density at radius 1 is 1.00 bits per heavy atom. The van der Waals surface area contributed by atoms with Crippen LogP contribution in [0.4, 0.5) is 0 Å². The Hall–Kier alpha value is -1.72. The molecule has 1 aromatic carbocycles. The van der Waals surface area contributed by atoms with Gasteiger partial charge in [0.1, 0.15) is 17.1 Å². The molecule has 1 aromatic heterocycles. The Labute approximate surface area is 96.4 Å². The quantitative estimate of drug-likeness (QED) is 0.747. The van der Waals surface area contributed by atoms with E-state index in [0.29, 0.717) is 5.75 Å². The van der Waals surface area contributed by atoms with Crippen molar-refractivity contribution >= 4 is 11.4 Å². The summed E-state index contributed by atoms with van der Waals surface area (Å²) in [7, 11) is 0. The lowest BCUT2D eigenvalue weighted by molar-refractivity contribution is 0.440. The molecule has 0 saturated carbocycles. The van der Waals surface area contributed by atoms with Crippen molar-refractivity contribution in [1.29, 1.82) is 0 Å². The summed E-state index contributed by atoms with van der Waals surface area (Å²) in [6.45, 7) is 0. The molecule has 2 rings (SSSR count). The second-order valence-electron chi connectivity index (χ2n) is 2.63. The fraction of sp³-hybridized carbons (Fsp3) is 0. The van der Waals surface area contributed by atoms with Gasteiger partial charge in [-0.05, 0) is 24.3 Å². The van der Waals surface area contributed by atoms with Crippen molar-refractivity contribution in [3.05, 3.63) is 60.9 Å². The zero-order valence-corrected chi connectivity index (χ0v) is 9.17. The number of aromatic nitrogens is 1. The maximum Gasteiger partial charge on any atom is 0.139 e. The predicted molar refractivity (Wildman–Crippen MR) is 60.2 cm³/mol. The molecule has 0 fully saturated rings. The Kier molecular flexibility index (Phi) is 5.83. The molecule has 0 bridgehead atoms. The van der Waals surface area contributed by atoms with Crippen molar-refractivity contribution < 1.29 is 12.9 Å². The molecular weight excluding hydrogens is 226 g/mol. The van der Waals surface area contributed by atoms with Crippen molar-refractivity contribution in [2.45, 2.75) is 0 Å². The van der Waals surface area contributed by atoms with Gasteiger partial charge in [0.2, 0.25) is 0 Å². The standard InChI is InChI=1S/C6H6O3S.C5H5N/c7-10(8)9-6-4-2-1-3-5-6;1-2-4-6-5-3-1/h1-5H,(H,7,8);1-5H/p-1. The molecule has 16 heavy (non-hydrogen) atoms. The van der Waals surface area contributed by atoms with Crippen LogP contribution in [0.1, 0.15) is 0 Å². The van der Waals surface area contributed by atoms with Gasteiger partial charge in [-0.2, -0.15) is 0 Å². The molecule has 1 heterocycles. The average Bonchev–Trinajstić information content (AvgIpc) is 2.32. The highest BCUT2D eigenvalue weighted by Gasteiger charge is 1.87. The number of hydrogen-bond donors (Lipinski definition) is 0. The second kappa shape index (κ2) is 7.56. The first kappa shape index (κ1) is 12.4. The minimum absolute atomic E-state index is 0.329. The summed E-state index contributed by atoms with van der Waals surface area (Å²) in [4.78, 5) is 3.78. The molecule has 0 N–H and O–H groups in total. The van der Waals surface area contributed by atoms with Gasteiger partial charge in [-0.1, -0.05) is 24.3 Å². The largest absolute Gasteiger partial charge is 0.740 e. The van der Waals surface area contributed by atoms with Crippen molar-refractivity contribution in [2.75, 3.05) is 0 Å². The first-order chi connectivity index (χ1) is 7.79. The van der Waals surface area contributed by atoms with Gasteiger partial charge in [0.05, 0.1) is 0 Å². The van der Waals surface area contributed by atoms with Crippen molar-refractivity contribution in [2.24, 2.45) is 0 Å². The molecule has 1 atom stereocenters. The van der Waals surface area contributed by atoms with Crippen LogP contribution in [0.25, 0.3) is 0 Å². The number of para-hydroxylation sites is 1. The third-order valence-electron chi connectivity index (χ3n) is 1.47. The summed E-state index contributed by atoms with van der Waals surface area (Å²) in [5.41, 5.74) is 0. The van der Waals surface area contributed by atoms with E-state index in [1.165, 1.54) is 0 Å². The lowest BCUT2D eigenvalue weighted by Crippen LogP contribution is -1.96. The van der Waals surface area contributed by atoms with Crippen LogP contribution in [0.3, 0.4) is 0 Å². The predicted octanol–water partition coefficient (Wildman–Crippen LogP) is 1.94. The molecule has 5 heteroatoms. The van der Waals surface area contributed by atoms with Crippen LogP contribution < -0.4 is 4.18 Å². The minimum Gasteiger partial charge on any atom is -0.740 e. The summed E-state index contributed by atoms with van der Waals surface area (Å²) < 4.78 is 24.2. The highest BCUT2D eigenvalue weighted by Crippen LogP contribution is 2.08. The first-order valence-electron chi connectivity index (χ1n) is 4.46. The third kappa shape index (κ3) is 5.90. The lowest BCUT2D eigenvalue weighted by atomic mass is 10.3. The minimum atomic E-state index is -2.47. The van der Waals surface area contributed by atoms with Gasteiger partial charge in [0.15, 0.2) is 0 Å². The normalized spacial score (nSPS) is 10.8. The summed E-state index contributed by atoms with van der Waals surface area (Å²) in [5.74, 6) is 0.329. The van der Waals surface area contributed by atoms with Gasteiger partial charge in [-0.3, -0.25) is 4.98 Å². The maximum atomic E-state index is 9.95. The maximum absolute atomic E-state index is 9.95. The molecule has 0 amide bonds. The van der Waals surface area contributed by atoms with Crippen LogP contribution in [0, 0.1) is 0 Å². The van der Waals surface area contributed by atoms with Crippen LogP contribution >= 0.6 is 0 Å². The zero-order valence-electron chi connectivity index (χ0n) is 8.35. The fourth-order valence-electron chi connectivity index (χ4n) is 0.867. The van der Waals surface area contributed by atoms with Gasteiger partial charge >= 0.3 is 0 Å². The van der Waals surface area contributed by atoms with E-state index in [2.05, 4.69) is 9.17 Å². The van der Waals surface area contributed by atoms with Crippen LogP contribution in [0.15, 0.2) is 60.9 Å². The molecule has 0 aliphatic rings.